The molecule has 2 aromatic heterocycles. The van der Waals surface area contributed by atoms with E-state index in [1.807, 2.05) is 6.92 Å². The predicted molar refractivity (Wildman–Crippen MR) is 68.9 cm³/mol. The molecular formula is C11H14FN7O. The van der Waals surface area contributed by atoms with Gasteiger partial charge in [-0.05, 0) is 13.0 Å². The first-order chi connectivity index (χ1) is 9.67. The highest BCUT2D eigenvalue weighted by Gasteiger charge is 2.16. The molecule has 0 unspecified atom stereocenters. The van der Waals surface area contributed by atoms with Crippen LogP contribution in [0.4, 0.5) is 10.2 Å². The number of nitrogens with one attached hydrogen (secondary N) is 2. The van der Waals surface area contributed by atoms with E-state index in [4.69, 9.17) is 5.84 Å². The molecule has 9 heteroatoms. The summed E-state index contributed by atoms with van der Waals surface area (Å²) in [7, 11) is 0. The van der Waals surface area contributed by atoms with E-state index in [0.29, 0.717) is 12.4 Å². The maximum absolute atomic E-state index is 13.8. The Morgan fingerprint density at radius 1 is 1.55 bits per heavy atom. The highest BCUT2D eigenvalue weighted by molar-refractivity contribution is 5.95. The average Bonchev–Trinajstić information content (AvgIpc) is 2.92. The second kappa shape index (κ2) is 6.06. The van der Waals surface area contributed by atoms with Gasteiger partial charge in [0.15, 0.2) is 17.5 Å². The minimum atomic E-state index is -0.801. The van der Waals surface area contributed by atoms with E-state index in [-0.39, 0.29) is 17.9 Å². The predicted octanol–water partition coefficient (Wildman–Crippen LogP) is 0.0477. The van der Waals surface area contributed by atoms with E-state index >= 15 is 0 Å². The SMILES string of the molecule is CCn1cnnc1CNC(=O)c1ccnc(NN)c1F. The molecule has 20 heavy (non-hydrogen) atoms. The fourth-order valence-electron chi connectivity index (χ4n) is 1.65. The fourth-order valence-corrected chi connectivity index (χ4v) is 1.65. The van der Waals surface area contributed by atoms with E-state index in [1.54, 1.807) is 10.9 Å². The second-order valence-corrected chi connectivity index (χ2v) is 3.88. The smallest absolute Gasteiger partial charge is 0.254 e. The van der Waals surface area contributed by atoms with Gasteiger partial charge in [0, 0.05) is 12.7 Å². The Bertz CT molecular complexity index is 613. The van der Waals surface area contributed by atoms with Gasteiger partial charge < -0.3 is 15.3 Å². The molecule has 1 amide bonds. The molecule has 0 saturated heterocycles. The van der Waals surface area contributed by atoms with Gasteiger partial charge in [-0.15, -0.1) is 10.2 Å². The lowest BCUT2D eigenvalue weighted by molar-refractivity contribution is 0.0945. The number of aromatic nitrogens is 4. The standard InChI is InChI=1S/C11H14FN7O/c1-2-19-6-16-18-8(19)5-15-11(20)7-3-4-14-10(17-13)9(7)12/h3-4,6H,2,5,13H2,1H3,(H,14,17)(H,15,20). The first-order valence-corrected chi connectivity index (χ1v) is 5.93. The number of halogens is 1. The van der Waals surface area contributed by atoms with Crippen molar-refractivity contribution in [3.8, 4) is 0 Å². The number of carbonyl (C=O) groups is 1. The Kier molecular flexibility index (Phi) is 4.20. The minimum Gasteiger partial charge on any atom is -0.345 e. The number of carbonyl (C=O) groups excluding carboxylic acids is 1. The summed E-state index contributed by atoms with van der Waals surface area (Å²) in [6.45, 7) is 2.76. The second-order valence-electron chi connectivity index (χ2n) is 3.88. The van der Waals surface area contributed by atoms with E-state index in [2.05, 4.69) is 25.9 Å². The summed E-state index contributed by atoms with van der Waals surface area (Å²) in [5, 5.41) is 10.2. The number of nitrogens with zero attached hydrogens (tertiary/aromatic N) is 4. The molecule has 2 aromatic rings. The monoisotopic (exact) mass is 279 g/mol. The number of nitrogen functional groups attached to an aromatic ring is 1. The maximum Gasteiger partial charge on any atom is 0.254 e. The van der Waals surface area contributed by atoms with E-state index in [1.165, 1.54) is 12.3 Å². The van der Waals surface area contributed by atoms with Crippen molar-refractivity contribution >= 4 is 11.7 Å². The van der Waals surface area contributed by atoms with Crippen molar-refractivity contribution in [3.05, 3.63) is 35.8 Å². The highest BCUT2D eigenvalue weighted by Crippen LogP contribution is 2.13. The molecule has 0 aliphatic heterocycles. The van der Waals surface area contributed by atoms with Crippen molar-refractivity contribution in [1.29, 1.82) is 0 Å². The Balaban J connectivity index is 2.09. The van der Waals surface area contributed by atoms with Gasteiger partial charge in [0.1, 0.15) is 6.33 Å². The molecule has 0 aliphatic carbocycles. The van der Waals surface area contributed by atoms with Crippen LogP contribution in [-0.4, -0.2) is 25.7 Å². The van der Waals surface area contributed by atoms with Crippen molar-refractivity contribution in [2.24, 2.45) is 5.84 Å². The van der Waals surface area contributed by atoms with Crippen molar-refractivity contribution in [1.82, 2.24) is 25.1 Å². The van der Waals surface area contributed by atoms with Gasteiger partial charge in [-0.2, -0.15) is 0 Å². The average molecular weight is 279 g/mol. The number of pyridine rings is 1. The quantitative estimate of drug-likeness (QED) is 0.527. The summed E-state index contributed by atoms with van der Waals surface area (Å²) in [5.74, 6) is 4.13. The van der Waals surface area contributed by atoms with Crippen LogP contribution in [0.3, 0.4) is 0 Å². The molecule has 0 spiro atoms. The maximum atomic E-state index is 13.8. The largest absolute Gasteiger partial charge is 0.345 e. The van der Waals surface area contributed by atoms with Crippen molar-refractivity contribution in [2.75, 3.05) is 5.43 Å². The van der Waals surface area contributed by atoms with Gasteiger partial charge in [-0.25, -0.2) is 15.2 Å². The number of hydrogen-bond donors (Lipinski definition) is 3. The number of nitrogens with two attached hydrogens (primary N) is 1. The first kappa shape index (κ1) is 13.9. The van der Waals surface area contributed by atoms with Crippen LogP contribution >= 0.6 is 0 Å². The topological polar surface area (TPSA) is 111 Å². The van der Waals surface area contributed by atoms with Gasteiger partial charge in [0.25, 0.3) is 5.91 Å². The summed E-state index contributed by atoms with van der Waals surface area (Å²) >= 11 is 0. The van der Waals surface area contributed by atoms with Crippen LogP contribution in [0, 0.1) is 5.82 Å². The number of amides is 1. The molecule has 0 atom stereocenters. The van der Waals surface area contributed by atoms with Gasteiger partial charge in [-0.3, -0.25) is 4.79 Å². The molecule has 4 N–H and O–H groups in total. The fraction of sp³-hybridized carbons (Fsp3) is 0.273. The zero-order valence-electron chi connectivity index (χ0n) is 10.8. The van der Waals surface area contributed by atoms with Crippen molar-refractivity contribution < 1.29 is 9.18 Å². The first-order valence-electron chi connectivity index (χ1n) is 5.93. The Morgan fingerprint density at radius 2 is 2.35 bits per heavy atom. The van der Waals surface area contributed by atoms with Crippen LogP contribution in [0.15, 0.2) is 18.6 Å². The van der Waals surface area contributed by atoms with Crippen LogP contribution in [0.25, 0.3) is 0 Å². The zero-order valence-corrected chi connectivity index (χ0v) is 10.8. The lowest BCUT2D eigenvalue weighted by Crippen LogP contribution is -2.26. The zero-order chi connectivity index (χ0) is 14.5. The van der Waals surface area contributed by atoms with Crippen molar-refractivity contribution in [3.63, 3.8) is 0 Å². The molecule has 0 radical (unpaired) electrons. The van der Waals surface area contributed by atoms with Crippen LogP contribution in [0.5, 0.6) is 0 Å². The highest BCUT2D eigenvalue weighted by atomic mass is 19.1. The van der Waals surface area contributed by atoms with Gasteiger partial charge >= 0.3 is 0 Å². The molecule has 2 heterocycles. The lowest BCUT2D eigenvalue weighted by atomic mass is 10.2. The molecule has 0 aliphatic rings. The Morgan fingerprint density at radius 3 is 3.05 bits per heavy atom. The third-order valence-electron chi connectivity index (χ3n) is 2.71. The molecular weight excluding hydrogens is 265 g/mol. The molecule has 106 valence electrons. The van der Waals surface area contributed by atoms with Crippen molar-refractivity contribution in [2.45, 2.75) is 20.0 Å². The molecule has 8 nitrogen and oxygen atoms in total. The summed E-state index contributed by atoms with van der Waals surface area (Å²) in [6, 6.07) is 1.27. The minimum absolute atomic E-state index is 0.143. The van der Waals surface area contributed by atoms with Crippen LogP contribution in [-0.2, 0) is 13.1 Å². The van der Waals surface area contributed by atoms with E-state index < -0.39 is 11.7 Å². The number of anilines is 1. The summed E-state index contributed by atoms with van der Waals surface area (Å²) in [5.41, 5.74) is 1.94. The normalized spacial score (nSPS) is 10.3. The Hall–Kier alpha value is -2.55. The summed E-state index contributed by atoms with van der Waals surface area (Å²) in [6.07, 6.45) is 2.85. The number of hydrogen-bond acceptors (Lipinski definition) is 6. The Labute approximate surface area is 114 Å². The third-order valence-corrected chi connectivity index (χ3v) is 2.71. The molecule has 0 aromatic carbocycles. The van der Waals surface area contributed by atoms with Gasteiger partial charge in [0.2, 0.25) is 0 Å². The molecule has 0 bridgehead atoms. The third kappa shape index (κ3) is 2.72. The summed E-state index contributed by atoms with van der Waals surface area (Å²) in [4.78, 5) is 15.6. The van der Waals surface area contributed by atoms with Gasteiger partial charge in [0.05, 0.1) is 12.1 Å². The number of rotatable bonds is 5. The van der Waals surface area contributed by atoms with Crippen LogP contribution in [0.1, 0.15) is 23.1 Å². The van der Waals surface area contributed by atoms with E-state index in [9.17, 15) is 9.18 Å². The lowest BCUT2D eigenvalue weighted by Gasteiger charge is -2.08. The molecule has 0 fully saturated rings. The number of hydrazine groups is 1. The molecule has 2 rings (SSSR count). The van der Waals surface area contributed by atoms with E-state index in [0.717, 1.165) is 0 Å². The summed E-state index contributed by atoms with van der Waals surface area (Å²) < 4.78 is 15.6. The van der Waals surface area contributed by atoms with Crippen LogP contribution < -0.4 is 16.6 Å². The van der Waals surface area contributed by atoms with Gasteiger partial charge in [-0.1, -0.05) is 0 Å². The number of aryl methyl sites for hydroxylation is 1. The molecule has 0 saturated carbocycles. The van der Waals surface area contributed by atoms with Crippen LogP contribution in [0.2, 0.25) is 0 Å².